The molecule has 8 nitrogen and oxygen atoms in total. The Balaban J connectivity index is 1.62. The number of rotatable bonds is 3. The average molecular weight is 383 g/mol. The number of benzene rings is 1. The lowest BCUT2D eigenvalue weighted by molar-refractivity contribution is 0.0960. The summed E-state index contributed by atoms with van der Waals surface area (Å²) in [5.41, 5.74) is 2.57. The minimum atomic E-state index is -0.242. The third-order valence-corrected chi connectivity index (χ3v) is 5.02. The molecule has 1 unspecified atom stereocenters. The Morgan fingerprint density at radius 1 is 1.19 bits per heavy atom. The summed E-state index contributed by atoms with van der Waals surface area (Å²) in [6.07, 6.45) is 5.21. The topological polar surface area (TPSA) is 87.2 Å². The Labute approximate surface area is 158 Å². The molecule has 0 N–H and O–H groups in total. The average Bonchev–Trinajstić information content (AvgIpc) is 3.34. The summed E-state index contributed by atoms with van der Waals surface area (Å²) in [4.78, 5) is 17.2. The van der Waals surface area contributed by atoms with Gasteiger partial charge in [0.25, 0.3) is 5.56 Å². The summed E-state index contributed by atoms with van der Waals surface area (Å²) >= 11 is 5.96. The van der Waals surface area contributed by atoms with E-state index in [1.165, 1.54) is 10.9 Å². The molecule has 27 heavy (non-hydrogen) atoms. The molecule has 0 saturated carbocycles. The number of aromatic nitrogens is 6. The van der Waals surface area contributed by atoms with Crippen molar-refractivity contribution < 1.29 is 4.74 Å². The first-order valence-corrected chi connectivity index (χ1v) is 9.05. The van der Waals surface area contributed by atoms with E-state index in [0.29, 0.717) is 22.9 Å². The van der Waals surface area contributed by atoms with Gasteiger partial charge in [0.15, 0.2) is 16.8 Å². The number of fused-ring (bicyclic) bond motifs is 3. The summed E-state index contributed by atoms with van der Waals surface area (Å²) in [6.45, 7) is 1.21. The SMILES string of the molecule is O=c1c2nnc3c(-c4ccc(Cl)cc4)cnn3c2ncn1CC1CCCO1. The highest BCUT2D eigenvalue weighted by atomic mass is 35.5. The van der Waals surface area contributed by atoms with Crippen molar-refractivity contribution >= 4 is 28.4 Å². The molecule has 1 atom stereocenters. The fourth-order valence-electron chi connectivity index (χ4n) is 3.37. The maximum absolute atomic E-state index is 12.8. The molecule has 1 aliphatic rings. The van der Waals surface area contributed by atoms with Gasteiger partial charge in [-0.25, -0.2) is 4.98 Å². The third-order valence-electron chi connectivity index (χ3n) is 4.76. The zero-order valence-electron chi connectivity index (χ0n) is 14.2. The molecule has 4 aromatic rings. The van der Waals surface area contributed by atoms with Crippen LogP contribution in [-0.2, 0) is 11.3 Å². The van der Waals surface area contributed by atoms with Crippen LogP contribution in [0.15, 0.2) is 41.6 Å². The molecule has 5 rings (SSSR count). The van der Waals surface area contributed by atoms with Crippen LogP contribution in [0.5, 0.6) is 0 Å². The predicted octanol–water partition coefficient (Wildman–Crippen LogP) is 2.33. The van der Waals surface area contributed by atoms with Crippen LogP contribution < -0.4 is 5.56 Å². The first kappa shape index (κ1) is 16.3. The molecule has 0 bridgehead atoms. The van der Waals surface area contributed by atoms with Gasteiger partial charge >= 0.3 is 0 Å². The summed E-state index contributed by atoms with van der Waals surface area (Å²) in [5, 5.41) is 13.4. The molecule has 0 aliphatic carbocycles. The molecular formula is C18H15ClN6O2. The molecule has 3 aromatic heterocycles. The second-order valence-electron chi connectivity index (χ2n) is 6.51. The number of hydrogen-bond donors (Lipinski definition) is 0. The van der Waals surface area contributed by atoms with Gasteiger partial charge in [0.1, 0.15) is 6.33 Å². The second-order valence-corrected chi connectivity index (χ2v) is 6.95. The van der Waals surface area contributed by atoms with Gasteiger partial charge in [-0.2, -0.15) is 9.61 Å². The number of hydrogen-bond acceptors (Lipinski definition) is 6. The van der Waals surface area contributed by atoms with Gasteiger partial charge in [-0.1, -0.05) is 23.7 Å². The van der Waals surface area contributed by atoms with E-state index >= 15 is 0 Å². The van der Waals surface area contributed by atoms with Gasteiger partial charge in [0.05, 0.1) is 18.8 Å². The second kappa shape index (κ2) is 6.40. The Hall–Kier alpha value is -2.84. The Morgan fingerprint density at radius 2 is 2.04 bits per heavy atom. The van der Waals surface area contributed by atoms with Crippen LogP contribution in [0.3, 0.4) is 0 Å². The maximum atomic E-state index is 12.8. The smallest absolute Gasteiger partial charge is 0.283 e. The normalized spacial score (nSPS) is 17.1. The minimum Gasteiger partial charge on any atom is -0.376 e. The largest absolute Gasteiger partial charge is 0.376 e. The highest BCUT2D eigenvalue weighted by molar-refractivity contribution is 6.30. The van der Waals surface area contributed by atoms with Crippen molar-refractivity contribution in [1.82, 2.24) is 29.4 Å². The quantitative estimate of drug-likeness (QED) is 0.540. The highest BCUT2D eigenvalue weighted by Crippen LogP contribution is 2.25. The monoisotopic (exact) mass is 382 g/mol. The fraction of sp³-hybridized carbons (Fsp3) is 0.278. The fourth-order valence-corrected chi connectivity index (χ4v) is 3.50. The van der Waals surface area contributed by atoms with Gasteiger partial charge in [-0.3, -0.25) is 9.36 Å². The van der Waals surface area contributed by atoms with Crippen LogP contribution in [-0.4, -0.2) is 42.1 Å². The number of nitrogens with zero attached hydrogens (tertiary/aromatic N) is 6. The first-order chi connectivity index (χ1) is 13.2. The predicted molar refractivity (Wildman–Crippen MR) is 99.8 cm³/mol. The van der Waals surface area contributed by atoms with E-state index in [9.17, 15) is 4.79 Å². The maximum Gasteiger partial charge on any atom is 0.283 e. The molecule has 136 valence electrons. The van der Waals surface area contributed by atoms with Crippen molar-refractivity contribution in [2.45, 2.75) is 25.5 Å². The van der Waals surface area contributed by atoms with Gasteiger partial charge in [0.2, 0.25) is 0 Å². The van der Waals surface area contributed by atoms with Crippen molar-refractivity contribution in [1.29, 1.82) is 0 Å². The minimum absolute atomic E-state index is 0.0415. The Kier molecular flexibility index (Phi) is 3.87. The molecule has 1 saturated heterocycles. The summed E-state index contributed by atoms with van der Waals surface area (Å²) in [5.74, 6) is 0. The standard InChI is InChI=1S/C18H15ClN6O2/c19-12-5-3-11(4-6-12)14-8-21-25-16(14)23-22-15-17(25)20-10-24(18(15)26)9-13-2-1-7-27-13/h3-6,8,10,13H,1-2,7,9H2. The highest BCUT2D eigenvalue weighted by Gasteiger charge is 2.19. The molecule has 0 spiro atoms. The zero-order chi connectivity index (χ0) is 18.4. The molecule has 1 fully saturated rings. The van der Waals surface area contributed by atoms with E-state index in [4.69, 9.17) is 16.3 Å². The van der Waals surface area contributed by atoms with E-state index < -0.39 is 0 Å². The van der Waals surface area contributed by atoms with E-state index in [2.05, 4.69) is 20.3 Å². The van der Waals surface area contributed by atoms with Crippen LogP contribution in [0.25, 0.3) is 27.9 Å². The Bertz CT molecular complexity index is 1190. The van der Waals surface area contributed by atoms with E-state index in [1.54, 1.807) is 22.8 Å². The lowest BCUT2D eigenvalue weighted by atomic mass is 10.1. The van der Waals surface area contributed by atoms with Crippen molar-refractivity contribution in [3.8, 4) is 11.1 Å². The van der Waals surface area contributed by atoms with E-state index in [-0.39, 0.29) is 17.2 Å². The van der Waals surface area contributed by atoms with Gasteiger partial charge in [0, 0.05) is 17.2 Å². The third kappa shape index (κ3) is 2.77. The summed E-state index contributed by atoms with van der Waals surface area (Å²) in [7, 11) is 0. The van der Waals surface area contributed by atoms with Crippen LogP contribution in [0.1, 0.15) is 12.8 Å². The van der Waals surface area contributed by atoms with E-state index in [0.717, 1.165) is 30.6 Å². The van der Waals surface area contributed by atoms with Crippen LogP contribution in [0.2, 0.25) is 5.02 Å². The van der Waals surface area contributed by atoms with Crippen molar-refractivity contribution in [3.05, 3.63) is 52.2 Å². The summed E-state index contributed by atoms with van der Waals surface area (Å²) in [6, 6.07) is 7.38. The van der Waals surface area contributed by atoms with Gasteiger partial charge < -0.3 is 4.74 Å². The number of halogens is 1. The molecule has 1 aliphatic heterocycles. The Morgan fingerprint density at radius 3 is 2.81 bits per heavy atom. The van der Waals surface area contributed by atoms with Gasteiger partial charge in [-0.05, 0) is 30.5 Å². The zero-order valence-corrected chi connectivity index (χ0v) is 15.0. The number of ether oxygens (including phenoxy) is 1. The van der Waals surface area contributed by atoms with Crippen LogP contribution in [0, 0.1) is 0 Å². The molecule has 0 radical (unpaired) electrons. The van der Waals surface area contributed by atoms with E-state index in [1.807, 2.05) is 12.1 Å². The lowest BCUT2D eigenvalue weighted by Gasteiger charge is -2.11. The molecule has 1 aromatic carbocycles. The van der Waals surface area contributed by atoms with Gasteiger partial charge in [-0.15, -0.1) is 10.2 Å². The molecule has 4 heterocycles. The van der Waals surface area contributed by atoms with Crippen molar-refractivity contribution in [2.75, 3.05) is 6.61 Å². The molecule has 0 amide bonds. The lowest BCUT2D eigenvalue weighted by Crippen LogP contribution is -2.28. The first-order valence-electron chi connectivity index (χ1n) is 8.68. The molecular weight excluding hydrogens is 368 g/mol. The van der Waals surface area contributed by atoms with Crippen molar-refractivity contribution in [2.24, 2.45) is 0 Å². The van der Waals surface area contributed by atoms with Crippen LogP contribution >= 0.6 is 11.6 Å². The van der Waals surface area contributed by atoms with Crippen LogP contribution in [0.4, 0.5) is 0 Å². The molecule has 9 heteroatoms. The van der Waals surface area contributed by atoms with Crippen molar-refractivity contribution in [3.63, 3.8) is 0 Å². The summed E-state index contributed by atoms with van der Waals surface area (Å²) < 4.78 is 8.68.